The molecule has 6 aromatic carbocycles. The van der Waals surface area contributed by atoms with E-state index in [0.29, 0.717) is 28.7 Å². The van der Waals surface area contributed by atoms with Crippen LogP contribution in [0.3, 0.4) is 0 Å². The molecule has 4 aliphatic heterocycles. The zero-order valence-corrected chi connectivity index (χ0v) is 76.7. The molecule has 0 radical (unpaired) electrons. The molecule has 4 saturated carbocycles. The summed E-state index contributed by atoms with van der Waals surface area (Å²) in [5.74, 6) is 4.78. The first-order valence-corrected chi connectivity index (χ1v) is 47.4. The molecule has 8 fully saturated rings. The molecule has 0 spiro atoms. The first kappa shape index (κ1) is 92.7. The maximum absolute atomic E-state index is 14.0. The predicted octanol–water partition coefficient (Wildman–Crippen LogP) is 16.4. The van der Waals surface area contributed by atoms with Gasteiger partial charge in [-0.25, -0.2) is 39.1 Å². The second-order valence-electron chi connectivity index (χ2n) is 35.5. The molecule has 0 unspecified atom stereocenters. The molecular weight excluding hydrogens is 1710 g/mol. The largest absolute Gasteiger partial charge is 0.505 e. The van der Waals surface area contributed by atoms with E-state index in [2.05, 4.69) is 146 Å². The molecule has 20 rings (SSSR count). The van der Waals surface area contributed by atoms with Crippen molar-refractivity contribution in [2.24, 2.45) is 23.7 Å². The molecule has 29 nitrogen and oxygen atoms in total. The van der Waals surface area contributed by atoms with Crippen LogP contribution in [0.4, 0.5) is 27.1 Å². The fourth-order valence-electron chi connectivity index (χ4n) is 19.4. The molecule has 4 aliphatic carbocycles. The highest BCUT2D eigenvalue weighted by atomic mass is 35.5. The summed E-state index contributed by atoms with van der Waals surface area (Å²) in [5, 5.41) is 13.1. The molecule has 4 saturated heterocycles. The Labute approximate surface area is 779 Å². The van der Waals surface area contributed by atoms with Crippen molar-refractivity contribution in [2.45, 2.75) is 153 Å². The van der Waals surface area contributed by atoms with Crippen LogP contribution in [-0.2, 0) is 49.4 Å². The predicted molar refractivity (Wildman–Crippen MR) is 508 cm³/mol. The van der Waals surface area contributed by atoms with Gasteiger partial charge in [-0.2, -0.15) is 0 Å². The van der Waals surface area contributed by atoms with Gasteiger partial charge < -0.3 is 77.4 Å². The van der Waals surface area contributed by atoms with E-state index in [1.807, 2.05) is 6.07 Å². The van der Waals surface area contributed by atoms with Crippen molar-refractivity contribution in [3.05, 3.63) is 210 Å². The number of hydrogen-bond donors (Lipinski definition) is 2. The highest BCUT2D eigenvalue weighted by Crippen LogP contribution is 2.42. The minimum Gasteiger partial charge on any atom is -0.505 e. The Morgan fingerprint density at radius 2 is 0.789 bits per heavy atom. The van der Waals surface area contributed by atoms with E-state index in [9.17, 15) is 19.1 Å². The Bertz CT molecular complexity index is 5690. The van der Waals surface area contributed by atoms with Crippen LogP contribution < -0.4 is 48.6 Å². The normalized spacial score (nSPS) is 21.1. The quantitative estimate of drug-likeness (QED) is 0.0562. The topological polar surface area (TPSA) is 313 Å². The second-order valence-corrected chi connectivity index (χ2v) is 35.9. The number of aromatic hydroxyl groups is 1. The van der Waals surface area contributed by atoms with E-state index in [1.54, 1.807) is 87.4 Å². The summed E-state index contributed by atoms with van der Waals surface area (Å²) in [6.45, 7) is 12.8. The van der Waals surface area contributed by atoms with E-state index in [0.717, 1.165) is 333 Å². The molecular formula is C102H118ClFN16O13. The van der Waals surface area contributed by atoms with Gasteiger partial charge in [-0.1, -0.05) is 29.8 Å². The lowest BCUT2D eigenvalue weighted by Gasteiger charge is -2.31. The van der Waals surface area contributed by atoms with Crippen molar-refractivity contribution < 1.29 is 66.5 Å². The van der Waals surface area contributed by atoms with E-state index in [-0.39, 0.29) is 41.3 Å². The van der Waals surface area contributed by atoms with Gasteiger partial charge in [0, 0.05) is 168 Å². The van der Waals surface area contributed by atoms with Crippen LogP contribution in [0.25, 0.3) is 44.1 Å². The Morgan fingerprint density at radius 3 is 1.16 bits per heavy atom. The van der Waals surface area contributed by atoms with Crippen LogP contribution in [0.5, 0.6) is 34.5 Å². The third-order valence-corrected chi connectivity index (χ3v) is 27.0. The van der Waals surface area contributed by atoms with E-state index < -0.39 is 17.7 Å². The van der Waals surface area contributed by atoms with Crippen LogP contribution in [0.1, 0.15) is 146 Å². The monoisotopic (exact) mass is 1830 g/mol. The zero-order chi connectivity index (χ0) is 91.2. The Hall–Kier alpha value is -12.1. The number of fused-ring (bicyclic) bond motifs is 4. The first-order valence-electron chi connectivity index (χ1n) is 47.1. The van der Waals surface area contributed by atoms with Gasteiger partial charge in [-0.3, -0.25) is 29.7 Å². The van der Waals surface area contributed by atoms with Gasteiger partial charge in [0.05, 0.1) is 136 Å². The number of nitrogens with one attached hydrogen (secondary N) is 1. The summed E-state index contributed by atoms with van der Waals surface area (Å²) in [4.78, 5) is 82.1. The standard InChI is InChI=1S/C27H31FN4O3.C26H30N4O5.C26H31N3O3.C23H26ClN5O2/c1-29-27(33)22-15-19(4-7-23(22)28)14-18-2-5-21(6-3-18)35-25-17-20(32-10-12-34-13-11-32)16-24-26(25)31-9-8-30-24;1-33-26(32)21-13-18(29-16-23(21)31)12-17-2-4-20(5-3-17)35-24-15-19(30-8-10-34-11-9-30)14-22-25(24)28-7-6-27-22;1-30-23-4-2-3-20(16-23)15-19-5-7-22(8-6-19)32-25-18-21(29-11-13-31-14-12-29)17-24-26(25)28-10-9-27-24;24-19-14-25-15-28-20(19)11-16-1-3-18(4-2-16)31-22-13-17(29-7-9-30-10-8-29)12-21-23(22)27-6-5-26-21/h4,7-9,15-18,21H,2-3,5-6,10-14H2,1H3,(H,29,33);6-7,13-17,20,31H,2-5,8-12H2,1H3;2-4,9-10,16-19,22H,5-8,11-15H2,1H3;5-6,12-16,18H,1-4,7-11H2. The molecule has 6 aromatic heterocycles. The summed E-state index contributed by atoms with van der Waals surface area (Å²) >= 11 is 6.24. The Balaban J connectivity index is 0.000000124. The van der Waals surface area contributed by atoms with E-state index >= 15 is 0 Å². The lowest BCUT2D eigenvalue weighted by molar-refractivity contribution is 0.0596. The molecule has 2 N–H and O–H groups in total. The third kappa shape index (κ3) is 24.5. The van der Waals surface area contributed by atoms with Crippen LogP contribution >= 0.6 is 11.6 Å². The Kier molecular flexibility index (Phi) is 31.8. The van der Waals surface area contributed by atoms with Gasteiger partial charge in [0.1, 0.15) is 74.3 Å². The minimum atomic E-state index is -0.558. The molecule has 698 valence electrons. The summed E-state index contributed by atoms with van der Waals surface area (Å²) in [7, 11) is 4.54. The number of rotatable bonds is 23. The number of hydrogen-bond acceptors (Lipinski definition) is 28. The maximum atomic E-state index is 14.0. The summed E-state index contributed by atoms with van der Waals surface area (Å²) in [5.41, 5.74) is 15.5. The smallest absolute Gasteiger partial charge is 0.341 e. The highest BCUT2D eigenvalue weighted by Gasteiger charge is 2.32. The molecule has 10 heterocycles. The fourth-order valence-corrected chi connectivity index (χ4v) is 19.6. The number of amides is 1. The molecule has 8 aliphatic rings. The number of nitrogens with zero attached hydrogens (tertiary/aromatic N) is 15. The molecule has 12 aromatic rings. The third-order valence-electron chi connectivity index (χ3n) is 26.7. The second kappa shape index (κ2) is 45.6. The van der Waals surface area contributed by atoms with E-state index in [1.165, 1.54) is 44.8 Å². The lowest BCUT2D eigenvalue weighted by atomic mass is 9.83. The van der Waals surface area contributed by atoms with Crippen LogP contribution in [0, 0.1) is 29.5 Å². The number of esters is 1. The number of aromatic nitrogens is 11. The number of carbonyl (C=O) groups excluding carboxylic acids is 2. The van der Waals surface area contributed by atoms with Crippen molar-refractivity contribution in [2.75, 3.05) is 146 Å². The first-order chi connectivity index (χ1) is 65.2. The van der Waals surface area contributed by atoms with Gasteiger partial charge >= 0.3 is 5.97 Å². The summed E-state index contributed by atoms with van der Waals surface area (Å²) < 4.78 is 72.2. The SMILES string of the molecule is CNC(=O)c1cc(CC2CCC(Oc3cc(N4CCOCC4)cc4nccnc34)CC2)ccc1F.COC(=O)c1cc(CC2CCC(Oc3cc(N4CCOCC4)cc4nccnc34)CC2)ncc1O.COc1cccc(CC2CCC(Oc3cc(N4CCOCC4)cc4nccnc34)CC2)c1.Clc1cncnc1CC1CCC(Oc2cc(N3CCOCC3)cc3nccnc23)CC1. The van der Waals surface area contributed by atoms with Crippen LogP contribution in [0.2, 0.25) is 5.02 Å². The molecule has 133 heavy (non-hydrogen) atoms. The lowest BCUT2D eigenvalue weighted by Crippen LogP contribution is -2.36. The average Bonchev–Trinajstić information content (AvgIpc) is 0.808. The molecule has 0 bridgehead atoms. The Morgan fingerprint density at radius 1 is 0.421 bits per heavy atom. The van der Waals surface area contributed by atoms with Gasteiger partial charge in [0.15, 0.2) is 0 Å². The highest BCUT2D eigenvalue weighted by molar-refractivity contribution is 6.31. The van der Waals surface area contributed by atoms with Gasteiger partial charge in [-0.05, 0) is 218 Å². The van der Waals surface area contributed by atoms with Gasteiger partial charge in [-0.15, -0.1) is 0 Å². The van der Waals surface area contributed by atoms with E-state index in [4.69, 9.17) is 59.0 Å². The zero-order valence-electron chi connectivity index (χ0n) is 76.0. The van der Waals surface area contributed by atoms with Crippen molar-refractivity contribution in [3.63, 3.8) is 0 Å². The number of halogens is 2. The van der Waals surface area contributed by atoms with Crippen molar-refractivity contribution >= 4 is 90.4 Å². The number of ether oxygens (including phenoxy) is 10. The fraction of sp³-hybridized carbons (Fsp3) is 0.461. The molecule has 1 amide bonds. The number of benzene rings is 6. The number of methoxy groups -OCH3 is 2. The molecule has 31 heteroatoms. The van der Waals surface area contributed by atoms with Crippen molar-refractivity contribution in [1.82, 2.24) is 60.1 Å². The van der Waals surface area contributed by atoms with Gasteiger partial charge in [0.25, 0.3) is 5.91 Å². The summed E-state index contributed by atoms with van der Waals surface area (Å²) in [6.07, 6.45) is 39.0. The van der Waals surface area contributed by atoms with Crippen LogP contribution in [0.15, 0.2) is 165 Å². The number of morpholine rings is 4. The number of anilines is 4. The number of carbonyl (C=O) groups is 2. The minimum absolute atomic E-state index is 0.106. The van der Waals surface area contributed by atoms with Crippen molar-refractivity contribution in [1.29, 1.82) is 0 Å². The van der Waals surface area contributed by atoms with Crippen LogP contribution in [-0.4, -0.2) is 223 Å². The maximum Gasteiger partial charge on any atom is 0.341 e. The van der Waals surface area contributed by atoms with Crippen molar-refractivity contribution in [3.8, 4) is 34.5 Å². The van der Waals surface area contributed by atoms with Gasteiger partial charge in [0.2, 0.25) is 0 Å². The number of pyridine rings is 1. The molecule has 0 atom stereocenters. The average molecular weight is 1830 g/mol. The summed E-state index contributed by atoms with van der Waals surface area (Å²) in [6, 6.07) is 31.7.